The van der Waals surface area contributed by atoms with Gasteiger partial charge in [-0.15, -0.1) is 11.3 Å². The van der Waals surface area contributed by atoms with Gasteiger partial charge in [0, 0.05) is 22.7 Å². The molecule has 1 fully saturated rings. The first kappa shape index (κ1) is 24.1. The van der Waals surface area contributed by atoms with Crippen LogP contribution in [0.1, 0.15) is 52.7 Å². The van der Waals surface area contributed by atoms with E-state index in [0.29, 0.717) is 23.9 Å². The van der Waals surface area contributed by atoms with Crippen LogP contribution in [0.4, 0.5) is 5.69 Å². The summed E-state index contributed by atoms with van der Waals surface area (Å²) in [5.74, 6) is 1.33. The number of thioether (sulfide) groups is 1. The Morgan fingerprint density at radius 3 is 2.74 bits per heavy atom. The fourth-order valence-electron chi connectivity index (χ4n) is 4.27. The molecule has 0 radical (unpaired) electrons. The number of amides is 1. The minimum absolute atomic E-state index is 0.00266. The number of aryl methyl sites for hydroxylation is 1. The van der Waals surface area contributed by atoms with Gasteiger partial charge in [-0.2, -0.15) is 5.10 Å². The molecule has 4 aromatic rings. The normalized spacial score (nSPS) is 15.5. The van der Waals surface area contributed by atoms with E-state index in [1.54, 1.807) is 11.8 Å². The molecular weight excluding hydrogens is 496 g/mol. The van der Waals surface area contributed by atoms with Gasteiger partial charge in [-0.25, -0.2) is 4.99 Å². The number of hydrogen-bond acceptors (Lipinski definition) is 5. The predicted molar refractivity (Wildman–Crippen MR) is 149 cm³/mol. The van der Waals surface area contributed by atoms with Gasteiger partial charge in [-0.05, 0) is 48.6 Å². The van der Waals surface area contributed by atoms with Gasteiger partial charge in [0.1, 0.15) is 4.83 Å². The number of benzene rings is 2. The molecule has 1 amide bonds. The maximum Gasteiger partial charge on any atom is 0.270 e. The summed E-state index contributed by atoms with van der Waals surface area (Å²) >= 11 is 9.53. The molecule has 0 unspecified atom stereocenters. The van der Waals surface area contributed by atoms with Crippen LogP contribution in [0, 0.1) is 6.92 Å². The van der Waals surface area contributed by atoms with Gasteiger partial charge in [0.2, 0.25) is 0 Å². The van der Waals surface area contributed by atoms with E-state index in [0.717, 1.165) is 49.5 Å². The topological polar surface area (TPSA) is 50.5 Å². The second-order valence-corrected chi connectivity index (χ2v) is 11.4. The summed E-state index contributed by atoms with van der Waals surface area (Å²) in [4.78, 5) is 22.2. The van der Waals surface area contributed by atoms with E-state index >= 15 is 0 Å². The van der Waals surface area contributed by atoms with Crippen LogP contribution in [-0.4, -0.2) is 38.1 Å². The van der Waals surface area contributed by atoms with Crippen molar-refractivity contribution < 1.29 is 4.79 Å². The SMILES string of the molecule is Cc1nn(Cc2ccccc2Cl)c2sc(C(=O)N3CCCSC3=Nc3ccccc3C(C)C)cc12. The van der Waals surface area contributed by atoms with E-state index in [2.05, 4.69) is 19.9 Å². The highest BCUT2D eigenvalue weighted by Crippen LogP contribution is 2.33. The van der Waals surface area contributed by atoms with Gasteiger partial charge in [-0.3, -0.25) is 14.4 Å². The Kier molecular flexibility index (Phi) is 7.00. The lowest BCUT2D eigenvalue weighted by Crippen LogP contribution is -2.38. The number of hydrogen-bond donors (Lipinski definition) is 0. The quantitative estimate of drug-likeness (QED) is 0.272. The molecule has 0 aliphatic carbocycles. The van der Waals surface area contributed by atoms with Gasteiger partial charge >= 0.3 is 0 Å². The summed E-state index contributed by atoms with van der Waals surface area (Å²) in [5.41, 5.74) is 4.05. The van der Waals surface area contributed by atoms with Crippen LogP contribution >= 0.6 is 34.7 Å². The molecule has 35 heavy (non-hydrogen) atoms. The number of amidine groups is 1. The number of aliphatic imine (C=N–C) groups is 1. The van der Waals surface area contributed by atoms with Crippen molar-refractivity contribution in [3.63, 3.8) is 0 Å². The molecule has 1 saturated heterocycles. The number of carbonyl (C=O) groups excluding carboxylic acids is 1. The molecule has 5 nitrogen and oxygen atoms in total. The van der Waals surface area contributed by atoms with Crippen molar-refractivity contribution >= 4 is 61.7 Å². The van der Waals surface area contributed by atoms with Crippen molar-refractivity contribution in [1.29, 1.82) is 0 Å². The average molecular weight is 523 g/mol. The molecule has 0 N–H and O–H groups in total. The first-order valence-electron chi connectivity index (χ1n) is 11.7. The Bertz CT molecular complexity index is 1420. The fourth-order valence-corrected chi connectivity index (χ4v) is 6.52. The summed E-state index contributed by atoms with van der Waals surface area (Å²) in [6.07, 6.45) is 0.950. The lowest BCUT2D eigenvalue weighted by atomic mass is 10.0. The smallest absolute Gasteiger partial charge is 0.270 e. The lowest BCUT2D eigenvalue weighted by molar-refractivity contribution is 0.0854. The minimum atomic E-state index is 0.00266. The van der Waals surface area contributed by atoms with Crippen LogP contribution in [0.5, 0.6) is 0 Å². The Labute approximate surface area is 218 Å². The Morgan fingerprint density at radius 1 is 1.17 bits per heavy atom. The standard InChI is InChI=1S/C27H27ClN4OS2/c1-17(2)20-10-5-7-12-23(20)29-27-31(13-8-14-34-27)25(33)24-15-21-18(3)30-32(26(21)35-24)16-19-9-4-6-11-22(19)28/h4-7,9-12,15,17H,8,13-14,16H2,1-3H3. The number of fused-ring (bicyclic) bond motifs is 1. The highest BCUT2D eigenvalue weighted by molar-refractivity contribution is 8.13. The minimum Gasteiger partial charge on any atom is -0.286 e. The molecule has 180 valence electrons. The van der Waals surface area contributed by atoms with E-state index in [1.807, 2.05) is 65.0 Å². The van der Waals surface area contributed by atoms with E-state index in [9.17, 15) is 4.79 Å². The van der Waals surface area contributed by atoms with Gasteiger partial charge in [-0.1, -0.05) is 73.6 Å². The number of thiophene rings is 1. The molecular formula is C27H27ClN4OS2. The zero-order chi connectivity index (χ0) is 24.5. The molecule has 0 bridgehead atoms. The molecule has 5 rings (SSSR count). The van der Waals surface area contributed by atoms with Crippen LogP contribution in [0.25, 0.3) is 10.2 Å². The van der Waals surface area contributed by atoms with Gasteiger partial charge in [0.25, 0.3) is 5.91 Å². The third-order valence-corrected chi connectivity index (χ3v) is 8.67. The summed E-state index contributed by atoms with van der Waals surface area (Å²) < 4.78 is 1.95. The predicted octanol–water partition coefficient (Wildman–Crippen LogP) is 7.50. The molecule has 0 atom stereocenters. The van der Waals surface area contributed by atoms with Crippen LogP contribution in [0.3, 0.4) is 0 Å². The van der Waals surface area contributed by atoms with Gasteiger partial charge < -0.3 is 0 Å². The average Bonchev–Trinajstić information content (AvgIpc) is 3.42. The first-order chi connectivity index (χ1) is 16.9. The van der Waals surface area contributed by atoms with Crippen LogP contribution in [0.15, 0.2) is 59.6 Å². The molecule has 2 aromatic carbocycles. The zero-order valence-corrected chi connectivity index (χ0v) is 22.4. The van der Waals surface area contributed by atoms with Crippen LogP contribution < -0.4 is 0 Å². The Morgan fingerprint density at radius 2 is 1.94 bits per heavy atom. The highest BCUT2D eigenvalue weighted by Gasteiger charge is 2.27. The molecule has 1 aliphatic heterocycles. The van der Waals surface area contributed by atoms with E-state index in [4.69, 9.17) is 21.7 Å². The molecule has 0 saturated carbocycles. The highest BCUT2D eigenvalue weighted by atomic mass is 35.5. The van der Waals surface area contributed by atoms with E-state index < -0.39 is 0 Å². The number of nitrogens with zero attached hydrogens (tertiary/aromatic N) is 4. The molecule has 2 aromatic heterocycles. The fraction of sp³-hybridized carbons (Fsp3) is 0.296. The lowest BCUT2D eigenvalue weighted by Gasteiger charge is -2.27. The maximum atomic E-state index is 13.7. The van der Waals surface area contributed by atoms with Crippen molar-refractivity contribution in [2.45, 2.75) is 39.7 Å². The van der Waals surface area contributed by atoms with Crippen molar-refractivity contribution in [2.24, 2.45) is 4.99 Å². The second-order valence-electron chi connectivity index (χ2n) is 8.93. The number of halogens is 1. The number of carbonyl (C=O) groups is 1. The monoisotopic (exact) mass is 522 g/mol. The van der Waals surface area contributed by atoms with E-state index in [1.165, 1.54) is 16.9 Å². The molecule has 8 heteroatoms. The van der Waals surface area contributed by atoms with Crippen molar-refractivity contribution in [1.82, 2.24) is 14.7 Å². The second kappa shape index (κ2) is 10.2. The van der Waals surface area contributed by atoms with Crippen LogP contribution in [-0.2, 0) is 6.54 Å². The molecule has 0 spiro atoms. The first-order valence-corrected chi connectivity index (χ1v) is 13.9. The Hall–Kier alpha value is -2.61. The van der Waals surface area contributed by atoms with Crippen molar-refractivity contribution in [3.8, 4) is 0 Å². The third-order valence-electron chi connectivity index (χ3n) is 6.10. The number of rotatable bonds is 5. The van der Waals surface area contributed by atoms with Crippen molar-refractivity contribution in [2.75, 3.05) is 12.3 Å². The number of para-hydroxylation sites is 1. The maximum absolute atomic E-state index is 13.7. The molecule has 1 aliphatic rings. The summed E-state index contributed by atoms with van der Waals surface area (Å²) in [5, 5.41) is 7.22. The number of aromatic nitrogens is 2. The Balaban J connectivity index is 1.48. The van der Waals surface area contributed by atoms with Crippen LogP contribution in [0.2, 0.25) is 5.02 Å². The van der Waals surface area contributed by atoms with Gasteiger partial charge in [0.15, 0.2) is 5.17 Å². The van der Waals surface area contributed by atoms with Crippen molar-refractivity contribution in [3.05, 3.63) is 81.3 Å². The third kappa shape index (κ3) is 4.90. The van der Waals surface area contributed by atoms with Gasteiger partial charge in [0.05, 0.1) is 22.8 Å². The summed E-state index contributed by atoms with van der Waals surface area (Å²) in [6.45, 7) is 7.56. The largest absolute Gasteiger partial charge is 0.286 e. The van der Waals surface area contributed by atoms with E-state index in [-0.39, 0.29) is 5.91 Å². The summed E-state index contributed by atoms with van der Waals surface area (Å²) in [7, 11) is 0. The molecule has 3 heterocycles. The summed E-state index contributed by atoms with van der Waals surface area (Å²) in [6, 6.07) is 18.0. The zero-order valence-electron chi connectivity index (χ0n) is 20.0.